The Labute approximate surface area is 172 Å². The molecule has 3 nitrogen and oxygen atoms in total. The third-order valence-corrected chi connectivity index (χ3v) is 6.26. The number of rotatable bonds is 5. The quantitative estimate of drug-likeness (QED) is 0.704. The number of alkyl halides is 3. The molecule has 2 atom stereocenters. The molecule has 1 aliphatic carbocycles. The monoisotopic (exact) mass is 421 g/mol. The molecule has 1 heterocycles. The normalized spacial score (nSPS) is 23.1. The van der Waals surface area contributed by atoms with Crippen LogP contribution >= 0.6 is 0 Å². The van der Waals surface area contributed by atoms with Crippen molar-refractivity contribution in [3.63, 3.8) is 0 Å². The van der Waals surface area contributed by atoms with Gasteiger partial charge in [-0.1, -0.05) is 30.3 Å². The number of amides is 1. The molecule has 0 radical (unpaired) electrons. The van der Waals surface area contributed by atoms with E-state index in [0.29, 0.717) is 44.6 Å². The van der Waals surface area contributed by atoms with E-state index in [-0.39, 0.29) is 23.6 Å². The summed E-state index contributed by atoms with van der Waals surface area (Å²) in [5.74, 6) is -1.03. The van der Waals surface area contributed by atoms with Gasteiger partial charge in [0.2, 0.25) is 5.91 Å². The molecule has 1 amide bonds. The molecule has 0 aromatic heterocycles. The second-order valence-electron chi connectivity index (χ2n) is 8.19. The van der Waals surface area contributed by atoms with Crippen LogP contribution in [0.25, 0.3) is 0 Å². The molecule has 1 saturated carbocycles. The predicted octanol–water partition coefficient (Wildman–Crippen LogP) is 4.81. The Hall–Kier alpha value is -2.41. The molecule has 2 aliphatic rings. The van der Waals surface area contributed by atoms with Gasteiger partial charge in [0.05, 0.1) is 5.56 Å². The zero-order chi connectivity index (χ0) is 21.4. The van der Waals surface area contributed by atoms with Gasteiger partial charge in [-0.3, -0.25) is 4.79 Å². The molecular formula is C23H23F4NO2. The van der Waals surface area contributed by atoms with E-state index in [1.165, 1.54) is 18.2 Å². The van der Waals surface area contributed by atoms with Crippen molar-refractivity contribution in [3.05, 3.63) is 71.0 Å². The fraction of sp³-hybridized carbons (Fsp3) is 0.435. The first-order chi connectivity index (χ1) is 14.3. The second kappa shape index (κ2) is 8.02. The van der Waals surface area contributed by atoms with Gasteiger partial charge < -0.3 is 10.1 Å². The van der Waals surface area contributed by atoms with E-state index in [2.05, 4.69) is 5.32 Å². The highest BCUT2D eigenvalue weighted by molar-refractivity contribution is 5.83. The molecular weight excluding hydrogens is 398 g/mol. The first-order valence-electron chi connectivity index (χ1n) is 10.1. The number of hydrogen-bond donors (Lipinski definition) is 1. The largest absolute Gasteiger partial charge is 0.416 e. The zero-order valence-electron chi connectivity index (χ0n) is 16.3. The van der Waals surface area contributed by atoms with Crippen LogP contribution in [-0.2, 0) is 21.1 Å². The topological polar surface area (TPSA) is 38.3 Å². The lowest BCUT2D eigenvalue weighted by Crippen LogP contribution is -2.45. The van der Waals surface area contributed by atoms with E-state index in [4.69, 9.17) is 4.74 Å². The Morgan fingerprint density at radius 3 is 2.53 bits per heavy atom. The van der Waals surface area contributed by atoms with Crippen molar-refractivity contribution < 1.29 is 27.1 Å². The van der Waals surface area contributed by atoms with Crippen molar-refractivity contribution >= 4 is 5.91 Å². The number of carbonyl (C=O) groups excluding carboxylic acids is 1. The molecule has 2 aromatic rings. The SMILES string of the molecule is O=C(NCC1(c2cccc(F)c2)CCOCC1)C1CC1c1cccc(C(F)(F)F)c1. The number of nitrogens with one attached hydrogen (secondary N) is 1. The third kappa shape index (κ3) is 4.36. The fourth-order valence-corrected chi connectivity index (χ4v) is 4.33. The average molecular weight is 421 g/mol. The molecule has 0 spiro atoms. The summed E-state index contributed by atoms with van der Waals surface area (Å²) >= 11 is 0. The Morgan fingerprint density at radius 1 is 1.10 bits per heavy atom. The Balaban J connectivity index is 1.43. The van der Waals surface area contributed by atoms with E-state index < -0.39 is 17.2 Å². The van der Waals surface area contributed by atoms with Crippen LogP contribution in [0, 0.1) is 11.7 Å². The number of hydrogen-bond acceptors (Lipinski definition) is 2. The Morgan fingerprint density at radius 2 is 1.83 bits per heavy atom. The van der Waals surface area contributed by atoms with Crippen LogP contribution in [0.1, 0.15) is 41.9 Å². The maximum absolute atomic E-state index is 13.8. The summed E-state index contributed by atoms with van der Waals surface area (Å²) in [5.41, 5.74) is 0.266. The first kappa shape index (κ1) is 20.8. The summed E-state index contributed by atoms with van der Waals surface area (Å²) in [6.07, 6.45) is -2.54. The van der Waals surface area contributed by atoms with Crippen molar-refractivity contribution in [2.24, 2.45) is 5.92 Å². The lowest BCUT2D eigenvalue weighted by molar-refractivity contribution is -0.137. The van der Waals surface area contributed by atoms with E-state index >= 15 is 0 Å². The average Bonchev–Trinajstić information content (AvgIpc) is 3.53. The number of halogens is 4. The van der Waals surface area contributed by atoms with Crippen molar-refractivity contribution in [1.29, 1.82) is 0 Å². The van der Waals surface area contributed by atoms with Gasteiger partial charge in [-0.05, 0) is 54.5 Å². The van der Waals surface area contributed by atoms with E-state index in [1.807, 2.05) is 6.07 Å². The van der Waals surface area contributed by atoms with Crippen LogP contribution in [0.4, 0.5) is 17.6 Å². The summed E-state index contributed by atoms with van der Waals surface area (Å²) < 4.78 is 58.1. The van der Waals surface area contributed by atoms with Crippen LogP contribution in [0.5, 0.6) is 0 Å². The van der Waals surface area contributed by atoms with Gasteiger partial charge in [-0.15, -0.1) is 0 Å². The van der Waals surface area contributed by atoms with Gasteiger partial charge in [0.25, 0.3) is 0 Å². The van der Waals surface area contributed by atoms with Crippen LogP contribution in [0.2, 0.25) is 0 Å². The molecule has 1 N–H and O–H groups in total. The van der Waals surface area contributed by atoms with Crippen LogP contribution < -0.4 is 5.32 Å². The summed E-state index contributed by atoms with van der Waals surface area (Å²) in [6.45, 7) is 1.41. The smallest absolute Gasteiger partial charge is 0.381 e. The standard InChI is InChI=1S/C23H23F4NO2/c24-18-6-2-4-16(12-18)22(7-9-30-10-8-22)14-28-21(29)20-13-19(20)15-3-1-5-17(11-15)23(25,26)27/h1-6,11-12,19-20H,7-10,13-14H2,(H,28,29). The molecule has 2 aromatic carbocycles. The Kier molecular flexibility index (Phi) is 5.57. The molecule has 0 bridgehead atoms. The molecule has 1 aliphatic heterocycles. The van der Waals surface area contributed by atoms with E-state index in [1.54, 1.807) is 12.1 Å². The molecule has 7 heteroatoms. The fourth-order valence-electron chi connectivity index (χ4n) is 4.33. The van der Waals surface area contributed by atoms with Gasteiger partial charge in [0.15, 0.2) is 0 Å². The van der Waals surface area contributed by atoms with Gasteiger partial charge in [0.1, 0.15) is 5.82 Å². The zero-order valence-corrected chi connectivity index (χ0v) is 16.3. The highest BCUT2D eigenvalue weighted by atomic mass is 19.4. The molecule has 2 fully saturated rings. The van der Waals surface area contributed by atoms with Crippen LogP contribution in [0.15, 0.2) is 48.5 Å². The highest BCUT2D eigenvalue weighted by Crippen LogP contribution is 2.48. The molecule has 160 valence electrons. The summed E-state index contributed by atoms with van der Waals surface area (Å²) in [7, 11) is 0. The maximum atomic E-state index is 13.8. The highest BCUT2D eigenvalue weighted by Gasteiger charge is 2.45. The number of ether oxygens (including phenoxy) is 1. The lowest BCUT2D eigenvalue weighted by atomic mass is 9.74. The summed E-state index contributed by atoms with van der Waals surface area (Å²) in [5, 5.41) is 2.98. The van der Waals surface area contributed by atoms with Crippen molar-refractivity contribution in [2.75, 3.05) is 19.8 Å². The van der Waals surface area contributed by atoms with E-state index in [0.717, 1.165) is 17.7 Å². The predicted molar refractivity (Wildman–Crippen MR) is 103 cm³/mol. The minimum absolute atomic E-state index is 0.167. The molecule has 4 rings (SSSR count). The maximum Gasteiger partial charge on any atom is 0.416 e. The number of benzene rings is 2. The second-order valence-corrected chi connectivity index (χ2v) is 8.19. The van der Waals surface area contributed by atoms with Crippen molar-refractivity contribution in [1.82, 2.24) is 5.32 Å². The summed E-state index contributed by atoms with van der Waals surface area (Å²) in [6, 6.07) is 11.6. The minimum atomic E-state index is -4.40. The van der Waals surface area contributed by atoms with Crippen molar-refractivity contribution in [2.45, 2.75) is 36.8 Å². The Bertz CT molecular complexity index is 921. The molecule has 2 unspecified atom stereocenters. The van der Waals surface area contributed by atoms with Crippen LogP contribution in [0.3, 0.4) is 0 Å². The number of carbonyl (C=O) groups is 1. The van der Waals surface area contributed by atoms with Gasteiger partial charge >= 0.3 is 6.18 Å². The third-order valence-electron chi connectivity index (χ3n) is 6.26. The summed E-state index contributed by atoms with van der Waals surface area (Å²) in [4.78, 5) is 12.7. The minimum Gasteiger partial charge on any atom is -0.381 e. The van der Waals surface area contributed by atoms with Gasteiger partial charge in [-0.2, -0.15) is 13.2 Å². The molecule has 30 heavy (non-hydrogen) atoms. The van der Waals surface area contributed by atoms with Crippen LogP contribution in [-0.4, -0.2) is 25.7 Å². The van der Waals surface area contributed by atoms with Crippen molar-refractivity contribution in [3.8, 4) is 0 Å². The first-order valence-corrected chi connectivity index (χ1v) is 10.1. The molecule has 1 saturated heterocycles. The van der Waals surface area contributed by atoms with Gasteiger partial charge in [-0.25, -0.2) is 4.39 Å². The van der Waals surface area contributed by atoms with Gasteiger partial charge in [0, 0.05) is 31.1 Å². The van der Waals surface area contributed by atoms with E-state index in [9.17, 15) is 22.4 Å². The lowest BCUT2D eigenvalue weighted by Gasteiger charge is -2.38.